The van der Waals surface area contributed by atoms with Crippen molar-refractivity contribution in [3.8, 4) is 11.5 Å². The summed E-state index contributed by atoms with van der Waals surface area (Å²) < 4.78 is 13.5. The van der Waals surface area contributed by atoms with E-state index in [1.807, 2.05) is 36.4 Å². The lowest BCUT2D eigenvalue weighted by Crippen LogP contribution is -2.33. The van der Waals surface area contributed by atoms with Crippen LogP contribution in [0.4, 0.5) is 0 Å². The molecule has 4 aromatic heterocycles. The molecule has 9 heteroatoms. The molecule has 1 aromatic carbocycles. The van der Waals surface area contributed by atoms with Crippen LogP contribution in [0.1, 0.15) is 6.23 Å². The first kappa shape index (κ1) is 18.4. The molecule has 0 amide bonds. The molecule has 0 bridgehead atoms. The molecule has 0 spiro atoms. The van der Waals surface area contributed by atoms with Crippen LogP contribution < -0.4 is 0 Å². The van der Waals surface area contributed by atoms with Crippen molar-refractivity contribution in [2.45, 2.75) is 24.5 Å². The van der Waals surface area contributed by atoms with Crippen LogP contribution in [0.2, 0.25) is 0 Å². The van der Waals surface area contributed by atoms with Gasteiger partial charge in [-0.05, 0) is 18.2 Å². The minimum Gasteiger partial charge on any atom is -0.454 e. The Labute approximate surface area is 175 Å². The molecule has 6 rings (SSSR count). The zero-order valence-electron chi connectivity index (χ0n) is 16.2. The van der Waals surface area contributed by atoms with Gasteiger partial charge in [0, 0.05) is 17.0 Å². The van der Waals surface area contributed by atoms with Gasteiger partial charge >= 0.3 is 0 Å². The number of hydrogen-bond donors (Lipinski definition) is 3. The van der Waals surface area contributed by atoms with E-state index in [2.05, 4.69) is 15.0 Å². The smallest absolute Gasteiger partial charge is 0.165 e. The van der Waals surface area contributed by atoms with Crippen molar-refractivity contribution >= 4 is 32.9 Å². The molecule has 4 atom stereocenters. The molecule has 1 saturated heterocycles. The van der Waals surface area contributed by atoms with Gasteiger partial charge in [-0.3, -0.25) is 9.55 Å². The molecule has 156 valence electrons. The lowest BCUT2D eigenvalue weighted by atomic mass is 10.1. The van der Waals surface area contributed by atoms with Crippen LogP contribution in [0.25, 0.3) is 44.4 Å². The largest absolute Gasteiger partial charge is 0.454 e. The Morgan fingerprint density at radius 1 is 1.06 bits per heavy atom. The van der Waals surface area contributed by atoms with Gasteiger partial charge in [-0.2, -0.15) is 0 Å². The third-order valence-corrected chi connectivity index (χ3v) is 5.81. The zero-order chi connectivity index (χ0) is 21.1. The molecule has 0 saturated carbocycles. The van der Waals surface area contributed by atoms with E-state index in [-0.39, 0.29) is 0 Å². The van der Waals surface area contributed by atoms with Crippen molar-refractivity contribution in [2.24, 2.45) is 0 Å². The van der Waals surface area contributed by atoms with Crippen LogP contribution >= 0.6 is 0 Å². The van der Waals surface area contributed by atoms with Crippen LogP contribution in [0.15, 0.2) is 59.5 Å². The van der Waals surface area contributed by atoms with Gasteiger partial charge in [0.25, 0.3) is 0 Å². The average Bonchev–Trinajstić information content (AvgIpc) is 3.46. The zero-order valence-corrected chi connectivity index (χ0v) is 16.2. The Morgan fingerprint density at radius 2 is 1.94 bits per heavy atom. The average molecular weight is 418 g/mol. The maximum Gasteiger partial charge on any atom is 0.165 e. The van der Waals surface area contributed by atoms with Crippen molar-refractivity contribution in [3.05, 3.63) is 55.1 Å². The number of aliphatic hydroxyl groups excluding tert-OH is 3. The Balaban J connectivity index is 1.64. The quantitative estimate of drug-likeness (QED) is 0.406. The van der Waals surface area contributed by atoms with Crippen LogP contribution in [-0.2, 0) is 4.74 Å². The Kier molecular flexibility index (Phi) is 4.05. The van der Waals surface area contributed by atoms with Gasteiger partial charge in [0.1, 0.15) is 41.6 Å². The van der Waals surface area contributed by atoms with E-state index in [0.717, 1.165) is 21.7 Å². The molecular formula is C22H18N4O5. The van der Waals surface area contributed by atoms with Crippen molar-refractivity contribution < 1.29 is 24.5 Å². The second kappa shape index (κ2) is 6.82. The summed E-state index contributed by atoms with van der Waals surface area (Å²) >= 11 is 0. The summed E-state index contributed by atoms with van der Waals surface area (Å²) in [6.45, 7) is -0.413. The first-order valence-corrected chi connectivity index (χ1v) is 9.87. The summed E-state index contributed by atoms with van der Waals surface area (Å²) in [6.07, 6.45) is 0.411. The fourth-order valence-electron chi connectivity index (χ4n) is 4.35. The molecule has 0 aliphatic carbocycles. The maximum atomic E-state index is 10.6. The highest BCUT2D eigenvalue weighted by molar-refractivity contribution is 6.12. The SMILES string of the molecule is OC[C@H]1O[C@@H](n2c3cnccc3c3c(-c4cc5ccccc5o4)ncnc32)[C@H](O)[C@@H]1O. The number of rotatable bonds is 3. The molecule has 5 heterocycles. The maximum absolute atomic E-state index is 10.6. The number of nitrogens with zero attached hydrogens (tertiary/aromatic N) is 4. The number of pyridine rings is 1. The fourth-order valence-corrected chi connectivity index (χ4v) is 4.35. The van der Waals surface area contributed by atoms with Crippen molar-refractivity contribution in [2.75, 3.05) is 6.61 Å². The van der Waals surface area contributed by atoms with Gasteiger partial charge in [-0.1, -0.05) is 18.2 Å². The highest BCUT2D eigenvalue weighted by atomic mass is 16.6. The summed E-state index contributed by atoms with van der Waals surface area (Å²) in [4.78, 5) is 13.2. The first-order valence-electron chi connectivity index (χ1n) is 9.87. The molecule has 1 fully saturated rings. The Hall–Kier alpha value is -3.37. The summed E-state index contributed by atoms with van der Waals surface area (Å²) in [5, 5.41) is 32.9. The topological polar surface area (TPSA) is 127 Å². The minimum atomic E-state index is -1.25. The third kappa shape index (κ3) is 2.61. The van der Waals surface area contributed by atoms with E-state index in [1.54, 1.807) is 17.0 Å². The standard InChI is InChI=1S/C22H18N4O5/c27-9-16-19(28)20(29)22(31-16)26-13-8-23-6-5-12(13)17-18(24-10-25-21(17)26)15-7-11-3-1-2-4-14(11)30-15/h1-8,10,16,19-20,22,27-29H,9H2/t16-,19-,20-,22-/m1/s1. The lowest BCUT2D eigenvalue weighted by molar-refractivity contribution is -0.0490. The number of ether oxygens (including phenoxy) is 1. The third-order valence-electron chi connectivity index (χ3n) is 5.81. The van der Waals surface area contributed by atoms with E-state index in [4.69, 9.17) is 9.15 Å². The van der Waals surface area contributed by atoms with Gasteiger partial charge in [0.05, 0.1) is 23.7 Å². The molecule has 3 N–H and O–H groups in total. The van der Waals surface area contributed by atoms with Crippen LogP contribution in [0, 0.1) is 0 Å². The van der Waals surface area contributed by atoms with Gasteiger partial charge in [-0.15, -0.1) is 0 Å². The van der Waals surface area contributed by atoms with Crippen LogP contribution in [0.5, 0.6) is 0 Å². The molecule has 5 aromatic rings. The van der Waals surface area contributed by atoms with E-state index in [0.29, 0.717) is 22.6 Å². The molecule has 1 aliphatic rings. The van der Waals surface area contributed by atoms with Crippen molar-refractivity contribution in [3.63, 3.8) is 0 Å². The summed E-state index contributed by atoms with van der Waals surface area (Å²) in [5.74, 6) is 0.589. The monoisotopic (exact) mass is 418 g/mol. The number of hydrogen-bond acceptors (Lipinski definition) is 8. The highest BCUT2D eigenvalue weighted by Gasteiger charge is 2.44. The number of aliphatic hydroxyl groups is 3. The normalized spacial score (nSPS) is 24.0. The number of para-hydroxylation sites is 1. The molecule has 0 radical (unpaired) electrons. The summed E-state index contributed by atoms with van der Waals surface area (Å²) in [7, 11) is 0. The Bertz CT molecular complexity index is 1390. The second-order valence-corrected chi connectivity index (χ2v) is 7.56. The highest BCUT2D eigenvalue weighted by Crippen LogP contribution is 2.40. The Morgan fingerprint density at radius 3 is 2.74 bits per heavy atom. The first-order chi connectivity index (χ1) is 15.2. The van der Waals surface area contributed by atoms with Gasteiger partial charge in [0.2, 0.25) is 0 Å². The fraction of sp³-hybridized carbons (Fsp3) is 0.227. The number of benzene rings is 1. The van der Waals surface area contributed by atoms with E-state index < -0.39 is 31.1 Å². The van der Waals surface area contributed by atoms with Gasteiger partial charge in [-0.25, -0.2) is 9.97 Å². The molecule has 9 nitrogen and oxygen atoms in total. The second-order valence-electron chi connectivity index (χ2n) is 7.56. The summed E-state index contributed by atoms with van der Waals surface area (Å²) in [6, 6.07) is 11.5. The van der Waals surface area contributed by atoms with E-state index in [9.17, 15) is 15.3 Å². The number of furan rings is 1. The van der Waals surface area contributed by atoms with Crippen molar-refractivity contribution in [1.29, 1.82) is 0 Å². The van der Waals surface area contributed by atoms with Crippen LogP contribution in [0.3, 0.4) is 0 Å². The number of aromatic nitrogens is 4. The molecule has 31 heavy (non-hydrogen) atoms. The minimum absolute atomic E-state index is 0.413. The lowest BCUT2D eigenvalue weighted by Gasteiger charge is -2.18. The number of fused-ring (bicyclic) bond motifs is 4. The summed E-state index contributed by atoms with van der Waals surface area (Å²) in [5.41, 5.74) is 2.51. The van der Waals surface area contributed by atoms with Gasteiger partial charge in [0.15, 0.2) is 12.0 Å². The van der Waals surface area contributed by atoms with Crippen molar-refractivity contribution in [1.82, 2.24) is 19.5 Å². The molecular weight excluding hydrogens is 400 g/mol. The van der Waals surface area contributed by atoms with E-state index in [1.165, 1.54) is 6.33 Å². The van der Waals surface area contributed by atoms with E-state index >= 15 is 0 Å². The predicted molar refractivity (Wildman–Crippen MR) is 111 cm³/mol. The molecule has 1 aliphatic heterocycles. The van der Waals surface area contributed by atoms with Gasteiger partial charge < -0.3 is 24.5 Å². The predicted octanol–water partition coefficient (Wildman–Crippen LogP) is 2.00. The van der Waals surface area contributed by atoms with Crippen LogP contribution in [-0.4, -0.2) is 59.8 Å². The molecule has 0 unspecified atom stereocenters.